The molecule has 124 valence electrons. The Kier molecular flexibility index (Phi) is 7.44. The molecular formula is C17H33NO3. The highest BCUT2D eigenvalue weighted by Gasteiger charge is 2.23. The second-order valence-electron chi connectivity index (χ2n) is 7.20. The summed E-state index contributed by atoms with van der Waals surface area (Å²) in [6.45, 7) is 9.70. The van der Waals surface area contributed by atoms with Crippen molar-refractivity contribution in [3.8, 4) is 0 Å². The minimum absolute atomic E-state index is 0.281. The zero-order chi connectivity index (χ0) is 15.1. The molecule has 0 bridgehead atoms. The number of aliphatic hydroxyl groups excluding tert-OH is 1. The number of likely N-dealkylation sites (tertiary alicyclic amines) is 1. The highest BCUT2D eigenvalue weighted by atomic mass is 16.5. The fourth-order valence-electron chi connectivity index (χ4n) is 3.62. The summed E-state index contributed by atoms with van der Waals surface area (Å²) in [5, 5.41) is 10.2. The van der Waals surface area contributed by atoms with E-state index in [9.17, 15) is 5.11 Å². The van der Waals surface area contributed by atoms with E-state index >= 15 is 0 Å². The van der Waals surface area contributed by atoms with E-state index in [4.69, 9.17) is 9.47 Å². The van der Waals surface area contributed by atoms with Gasteiger partial charge in [-0.05, 0) is 50.5 Å². The third-order valence-corrected chi connectivity index (χ3v) is 4.57. The molecular weight excluding hydrogens is 266 g/mol. The Balaban J connectivity index is 1.63. The first-order chi connectivity index (χ1) is 10.1. The molecule has 0 amide bonds. The maximum absolute atomic E-state index is 10.2. The van der Waals surface area contributed by atoms with Crippen LogP contribution in [-0.2, 0) is 9.47 Å². The van der Waals surface area contributed by atoms with E-state index < -0.39 is 0 Å². The minimum Gasteiger partial charge on any atom is -0.389 e. The molecule has 21 heavy (non-hydrogen) atoms. The van der Waals surface area contributed by atoms with Gasteiger partial charge in [0.2, 0.25) is 0 Å². The molecule has 4 heteroatoms. The van der Waals surface area contributed by atoms with Gasteiger partial charge in [0.15, 0.2) is 0 Å². The zero-order valence-corrected chi connectivity index (χ0v) is 13.8. The van der Waals surface area contributed by atoms with Crippen molar-refractivity contribution in [1.82, 2.24) is 4.90 Å². The van der Waals surface area contributed by atoms with Crippen molar-refractivity contribution in [2.75, 3.05) is 39.5 Å². The van der Waals surface area contributed by atoms with Crippen LogP contribution in [0, 0.1) is 11.8 Å². The predicted molar refractivity (Wildman–Crippen MR) is 84.4 cm³/mol. The van der Waals surface area contributed by atoms with Crippen LogP contribution in [-0.4, -0.2) is 61.7 Å². The molecule has 0 aliphatic carbocycles. The van der Waals surface area contributed by atoms with E-state index in [1.807, 2.05) is 0 Å². The molecule has 0 spiro atoms. The van der Waals surface area contributed by atoms with Crippen LogP contribution in [0.2, 0.25) is 0 Å². The van der Waals surface area contributed by atoms with Gasteiger partial charge >= 0.3 is 0 Å². The average Bonchev–Trinajstić information content (AvgIpc) is 2.46. The molecule has 2 unspecified atom stereocenters. The zero-order valence-electron chi connectivity index (χ0n) is 13.8. The minimum atomic E-state index is -0.356. The van der Waals surface area contributed by atoms with Crippen LogP contribution >= 0.6 is 0 Å². The average molecular weight is 299 g/mol. The van der Waals surface area contributed by atoms with Gasteiger partial charge in [0.05, 0.1) is 18.8 Å². The van der Waals surface area contributed by atoms with Crippen molar-refractivity contribution >= 4 is 0 Å². The molecule has 2 saturated heterocycles. The van der Waals surface area contributed by atoms with Gasteiger partial charge in [-0.3, -0.25) is 0 Å². The normalized spacial score (nSPS) is 27.1. The molecule has 2 rings (SSSR count). The lowest BCUT2D eigenvalue weighted by molar-refractivity contribution is -0.0658. The van der Waals surface area contributed by atoms with E-state index in [1.54, 1.807) is 0 Å². The van der Waals surface area contributed by atoms with Gasteiger partial charge < -0.3 is 19.5 Å². The molecule has 2 fully saturated rings. The van der Waals surface area contributed by atoms with Crippen molar-refractivity contribution in [3.63, 3.8) is 0 Å². The quantitative estimate of drug-likeness (QED) is 0.783. The SMILES string of the molecule is CC(C)CC1CCCN(CC(O)COC2CCOCC2)C1. The van der Waals surface area contributed by atoms with E-state index in [2.05, 4.69) is 18.7 Å². The Hall–Kier alpha value is -0.160. The maximum atomic E-state index is 10.2. The molecule has 0 saturated carbocycles. The number of hydrogen-bond donors (Lipinski definition) is 1. The van der Waals surface area contributed by atoms with E-state index in [0.29, 0.717) is 6.61 Å². The van der Waals surface area contributed by atoms with Gasteiger partial charge in [0, 0.05) is 26.3 Å². The van der Waals surface area contributed by atoms with Crippen molar-refractivity contribution in [2.24, 2.45) is 11.8 Å². The van der Waals surface area contributed by atoms with E-state index in [0.717, 1.165) is 57.5 Å². The number of β-amino-alcohol motifs (C(OH)–C–C–N with tert-alkyl or cyclic N) is 1. The standard InChI is InChI=1S/C17H33NO3/c1-14(2)10-15-4-3-7-18(11-15)12-16(19)13-21-17-5-8-20-9-6-17/h14-17,19H,3-13H2,1-2H3. The van der Waals surface area contributed by atoms with Crippen LogP contribution in [0.3, 0.4) is 0 Å². The third-order valence-electron chi connectivity index (χ3n) is 4.57. The number of rotatable bonds is 7. The first-order valence-corrected chi connectivity index (χ1v) is 8.73. The van der Waals surface area contributed by atoms with Gasteiger partial charge in [0.25, 0.3) is 0 Å². The van der Waals surface area contributed by atoms with Crippen LogP contribution in [0.25, 0.3) is 0 Å². The van der Waals surface area contributed by atoms with E-state index in [-0.39, 0.29) is 12.2 Å². The fourth-order valence-corrected chi connectivity index (χ4v) is 3.62. The topological polar surface area (TPSA) is 41.9 Å². The number of ether oxygens (including phenoxy) is 2. The largest absolute Gasteiger partial charge is 0.389 e. The van der Waals surface area contributed by atoms with Crippen molar-refractivity contribution in [1.29, 1.82) is 0 Å². The Bertz CT molecular complexity index is 279. The molecule has 2 atom stereocenters. The summed E-state index contributed by atoms with van der Waals surface area (Å²) in [5.41, 5.74) is 0. The lowest BCUT2D eigenvalue weighted by atomic mass is 9.89. The molecule has 0 aromatic carbocycles. The maximum Gasteiger partial charge on any atom is 0.0900 e. The molecule has 0 radical (unpaired) electrons. The molecule has 2 aliphatic rings. The fraction of sp³-hybridized carbons (Fsp3) is 1.00. The van der Waals surface area contributed by atoms with Gasteiger partial charge in [0.1, 0.15) is 0 Å². The highest BCUT2D eigenvalue weighted by molar-refractivity contribution is 4.76. The Morgan fingerprint density at radius 1 is 1.24 bits per heavy atom. The molecule has 0 aromatic rings. The summed E-state index contributed by atoms with van der Waals surface area (Å²) in [6.07, 6.45) is 5.79. The summed E-state index contributed by atoms with van der Waals surface area (Å²) in [7, 11) is 0. The van der Waals surface area contributed by atoms with Crippen LogP contribution in [0.4, 0.5) is 0 Å². The Morgan fingerprint density at radius 3 is 2.71 bits per heavy atom. The Labute approximate surface area is 129 Å². The molecule has 4 nitrogen and oxygen atoms in total. The smallest absolute Gasteiger partial charge is 0.0900 e. The van der Waals surface area contributed by atoms with Gasteiger partial charge in [-0.1, -0.05) is 13.8 Å². The summed E-state index contributed by atoms with van der Waals surface area (Å²) >= 11 is 0. The van der Waals surface area contributed by atoms with Crippen LogP contribution < -0.4 is 0 Å². The van der Waals surface area contributed by atoms with Crippen molar-refractivity contribution in [2.45, 2.75) is 58.2 Å². The van der Waals surface area contributed by atoms with Gasteiger partial charge in [-0.25, -0.2) is 0 Å². The van der Waals surface area contributed by atoms with Crippen molar-refractivity contribution in [3.05, 3.63) is 0 Å². The first kappa shape index (κ1) is 17.2. The second kappa shape index (κ2) is 9.09. The lowest BCUT2D eigenvalue weighted by Gasteiger charge is -2.35. The Morgan fingerprint density at radius 2 is 2.00 bits per heavy atom. The van der Waals surface area contributed by atoms with Gasteiger partial charge in [-0.2, -0.15) is 0 Å². The first-order valence-electron chi connectivity index (χ1n) is 8.73. The summed E-state index contributed by atoms with van der Waals surface area (Å²) in [6, 6.07) is 0. The highest BCUT2D eigenvalue weighted by Crippen LogP contribution is 2.23. The van der Waals surface area contributed by atoms with Crippen LogP contribution in [0.15, 0.2) is 0 Å². The predicted octanol–water partition coefficient (Wildman–Crippen LogP) is 2.30. The summed E-state index contributed by atoms with van der Waals surface area (Å²) in [5.74, 6) is 1.58. The van der Waals surface area contributed by atoms with Gasteiger partial charge in [-0.15, -0.1) is 0 Å². The summed E-state index contributed by atoms with van der Waals surface area (Å²) in [4.78, 5) is 2.43. The summed E-state index contributed by atoms with van der Waals surface area (Å²) < 4.78 is 11.1. The number of piperidine rings is 1. The van der Waals surface area contributed by atoms with E-state index in [1.165, 1.54) is 19.3 Å². The number of hydrogen-bond acceptors (Lipinski definition) is 4. The molecule has 0 aromatic heterocycles. The molecule has 2 aliphatic heterocycles. The molecule has 2 heterocycles. The number of aliphatic hydroxyl groups is 1. The second-order valence-corrected chi connectivity index (χ2v) is 7.20. The lowest BCUT2D eigenvalue weighted by Crippen LogP contribution is -2.42. The van der Waals surface area contributed by atoms with Crippen molar-refractivity contribution < 1.29 is 14.6 Å². The molecule has 1 N–H and O–H groups in total. The number of nitrogens with zero attached hydrogens (tertiary/aromatic N) is 1. The monoisotopic (exact) mass is 299 g/mol. The third kappa shape index (κ3) is 6.64. The van der Waals surface area contributed by atoms with Crippen LogP contribution in [0.1, 0.15) is 46.0 Å². The van der Waals surface area contributed by atoms with Crippen LogP contribution in [0.5, 0.6) is 0 Å².